The molecule has 0 aliphatic heterocycles. The largest absolute Gasteiger partial charge is 0.300 e. The molecule has 0 saturated heterocycles. The van der Waals surface area contributed by atoms with Gasteiger partial charge in [-0.1, -0.05) is 46.0 Å². The maximum atomic E-state index is 11.4. The molecule has 0 spiro atoms. The van der Waals surface area contributed by atoms with E-state index in [-0.39, 0.29) is 0 Å². The molecule has 1 aliphatic rings. The third kappa shape index (κ3) is 4.78. The lowest BCUT2D eigenvalue weighted by atomic mass is 9.92. The Bertz CT molecular complexity index is 172. The lowest BCUT2D eigenvalue weighted by Gasteiger charge is -2.13. The van der Waals surface area contributed by atoms with Gasteiger partial charge in [0.25, 0.3) is 0 Å². The highest BCUT2D eigenvalue weighted by Gasteiger charge is 2.17. The second-order valence-electron chi connectivity index (χ2n) is 5.18. The third-order valence-electron chi connectivity index (χ3n) is 3.23. The van der Waals surface area contributed by atoms with E-state index in [9.17, 15) is 4.79 Å². The molecule has 14 heavy (non-hydrogen) atoms. The molecule has 0 N–H and O–H groups in total. The van der Waals surface area contributed by atoms with Crippen LogP contribution in [0.3, 0.4) is 0 Å². The first-order valence-corrected chi connectivity index (χ1v) is 6.20. The quantitative estimate of drug-likeness (QED) is 0.622. The summed E-state index contributed by atoms with van der Waals surface area (Å²) in [7, 11) is 0. The van der Waals surface area contributed by atoms with E-state index in [0.29, 0.717) is 11.7 Å². The van der Waals surface area contributed by atoms with Gasteiger partial charge in [0, 0.05) is 12.8 Å². The van der Waals surface area contributed by atoms with Crippen molar-refractivity contribution in [1.29, 1.82) is 0 Å². The van der Waals surface area contributed by atoms with Crippen molar-refractivity contribution in [3.63, 3.8) is 0 Å². The highest BCUT2D eigenvalue weighted by Crippen LogP contribution is 2.25. The highest BCUT2D eigenvalue weighted by atomic mass is 16.1. The van der Waals surface area contributed by atoms with E-state index in [1.807, 2.05) is 0 Å². The van der Waals surface area contributed by atoms with Crippen LogP contribution in [0, 0.1) is 11.8 Å². The van der Waals surface area contributed by atoms with Crippen LogP contribution in [0.1, 0.15) is 65.2 Å². The van der Waals surface area contributed by atoms with E-state index in [0.717, 1.165) is 25.2 Å². The molecule has 1 nitrogen and oxygen atoms in total. The Labute approximate surface area is 88.3 Å². The first-order valence-electron chi connectivity index (χ1n) is 6.20. The smallest absolute Gasteiger partial charge is 0.133 e. The average molecular weight is 196 g/mol. The van der Waals surface area contributed by atoms with Gasteiger partial charge in [-0.3, -0.25) is 4.79 Å². The number of hydrogen-bond acceptors (Lipinski definition) is 1. The van der Waals surface area contributed by atoms with Crippen LogP contribution in [0.5, 0.6) is 0 Å². The second-order valence-corrected chi connectivity index (χ2v) is 5.18. The molecule has 1 atom stereocenters. The van der Waals surface area contributed by atoms with E-state index in [1.54, 1.807) is 0 Å². The topological polar surface area (TPSA) is 17.1 Å². The van der Waals surface area contributed by atoms with Gasteiger partial charge >= 0.3 is 0 Å². The van der Waals surface area contributed by atoms with Crippen molar-refractivity contribution in [1.82, 2.24) is 0 Å². The maximum Gasteiger partial charge on any atom is 0.133 e. The first-order chi connectivity index (χ1) is 6.68. The Hall–Kier alpha value is -0.330. The van der Waals surface area contributed by atoms with Gasteiger partial charge in [-0.2, -0.15) is 0 Å². The standard InChI is InChI=1S/C13H24O/c1-11(2)6-5-8-12-7-3-4-9-13(14)10-12/h11-12H,3-10H2,1-2H3. The van der Waals surface area contributed by atoms with Crippen LogP contribution in [0.4, 0.5) is 0 Å². The summed E-state index contributed by atoms with van der Waals surface area (Å²) in [5.41, 5.74) is 0. The van der Waals surface area contributed by atoms with Gasteiger partial charge in [0.05, 0.1) is 0 Å². The molecule has 0 bridgehead atoms. The molecule has 0 amide bonds. The summed E-state index contributed by atoms with van der Waals surface area (Å²) in [4.78, 5) is 11.4. The zero-order chi connectivity index (χ0) is 10.4. The van der Waals surface area contributed by atoms with Crippen molar-refractivity contribution in [2.24, 2.45) is 11.8 Å². The number of Topliss-reactive ketones (excluding diaryl/α,β-unsaturated/α-hetero) is 1. The summed E-state index contributed by atoms with van der Waals surface area (Å²) in [6.45, 7) is 4.55. The van der Waals surface area contributed by atoms with Crippen molar-refractivity contribution in [2.45, 2.75) is 65.2 Å². The molecule has 0 aromatic rings. The van der Waals surface area contributed by atoms with Crippen LogP contribution in [-0.4, -0.2) is 5.78 Å². The molecule has 1 saturated carbocycles. The van der Waals surface area contributed by atoms with E-state index in [1.165, 1.54) is 32.1 Å². The summed E-state index contributed by atoms with van der Waals surface area (Å²) in [6.07, 6.45) is 9.35. The van der Waals surface area contributed by atoms with Crippen LogP contribution in [0.15, 0.2) is 0 Å². The number of ketones is 1. The molecular formula is C13H24O. The number of rotatable bonds is 4. The van der Waals surface area contributed by atoms with E-state index in [4.69, 9.17) is 0 Å². The van der Waals surface area contributed by atoms with Crippen LogP contribution in [0.2, 0.25) is 0 Å². The van der Waals surface area contributed by atoms with E-state index >= 15 is 0 Å². The SMILES string of the molecule is CC(C)CCCC1CCCCC(=O)C1. The minimum Gasteiger partial charge on any atom is -0.300 e. The molecule has 0 radical (unpaired) electrons. The van der Waals surface area contributed by atoms with Gasteiger partial charge in [0.2, 0.25) is 0 Å². The van der Waals surface area contributed by atoms with Gasteiger partial charge in [0.1, 0.15) is 5.78 Å². The molecule has 0 aromatic heterocycles. The number of carbonyl (C=O) groups is 1. The Balaban J connectivity index is 2.18. The lowest BCUT2D eigenvalue weighted by molar-refractivity contribution is -0.119. The monoisotopic (exact) mass is 196 g/mol. The predicted molar refractivity (Wildman–Crippen MR) is 60.3 cm³/mol. The van der Waals surface area contributed by atoms with Crippen molar-refractivity contribution in [3.8, 4) is 0 Å². The Morgan fingerprint density at radius 3 is 2.86 bits per heavy atom. The fourth-order valence-electron chi connectivity index (χ4n) is 2.34. The number of hydrogen-bond donors (Lipinski definition) is 0. The molecule has 1 rings (SSSR count). The fraction of sp³-hybridized carbons (Fsp3) is 0.923. The van der Waals surface area contributed by atoms with Crippen LogP contribution in [-0.2, 0) is 4.79 Å². The molecule has 1 heteroatoms. The predicted octanol–water partition coefficient (Wildman–Crippen LogP) is 3.96. The van der Waals surface area contributed by atoms with Crippen molar-refractivity contribution in [3.05, 3.63) is 0 Å². The molecule has 1 aliphatic carbocycles. The molecular weight excluding hydrogens is 172 g/mol. The zero-order valence-electron chi connectivity index (χ0n) is 9.72. The summed E-state index contributed by atoms with van der Waals surface area (Å²) < 4.78 is 0. The van der Waals surface area contributed by atoms with E-state index < -0.39 is 0 Å². The Morgan fingerprint density at radius 2 is 2.14 bits per heavy atom. The summed E-state index contributed by atoms with van der Waals surface area (Å²) >= 11 is 0. The number of carbonyl (C=O) groups excluding carboxylic acids is 1. The van der Waals surface area contributed by atoms with Gasteiger partial charge < -0.3 is 0 Å². The van der Waals surface area contributed by atoms with Gasteiger partial charge in [0.15, 0.2) is 0 Å². The van der Waals surface area contributed by atoms with E-state index in [2.05, 4.69) is 13.8 Å². The maximum absolute atomic E-state index is 11.4. The van der Waals surface area contributed by atoms with Crippen molar-refractivity contribution in [2.75, 3.05) is 0 Å². The fourth-order valence-corrected chi connectivity index (χ4v) is 2.34. The normalized spacial score (nSPS) is 23.9. The summed E-state index contributed by atoms with van der Waals surface area (Å²) in [6, 6.07) is 0. The lowest BCUT2D eigenvalue weighted by Crippen LogP contribution is -2.05. The second kappa shape index (κ2) is 6.21. The van der Waals surface area contributed by atoms with Gasteiger partial charge in [-0.15, -0.1) is 0 Å². The molecule has 0 heterocycles. The van der Waals surface area contributed by atoms with Gasteiger partial charge in [-0.25, -0.2) is 0 Å². The van der Waals surface area contributed by atoms with Crippen LogP contribution in [0.25, 0.3) is 0 Å². The van der Waals surface area contributed by atoms with Crippen molar-refractivity contribution >= 4 is 5.78 Å². The summed E-state index contributed by atoms with van der Waals surface area (Å²) in [5, 5.41) is 0. The zero-order valence-corrected chi connectivity index (χ0v) is 9.72. The van der Waals surface area contributed by atoms with Crippen molar-refractivity contribution < 1.29 is 4.79 Å². The molecule has 0 aromatic carbocycles. The minimum absolute atomic E-state index is 0.511. The molecule has 1 fully saturated rings. The Morgan fingerprint density at radius 1 is 1.36 bits per heavy atom. The highest BCUT2D eigenvalue weighted by molar-refractivity contribution is 5.78. The Kier molecular flexibility index (Phi) is 5.21. The molecule has 82 valence electrons. The van der Waals surface area contributed by atoms with Crippen LogP contribution >= 0.6 is 0 Å². The van der Waals surface area contributed by atoms with Gasteiger partial charge in [-0.05, 0) is 18.3 Å². The third-order valence-corrected chi connectivity index (χ3v) is 3.23. The minimum atomic E-state index is 0.511. The summed E-state index contributed by atoms with van der Waals surface area (Å²) in [5.74, 6) is 2.04. The first kappa shape index (κ1) is 11.7. The average Bonchev–Trinajstić information content (AvgIpc) is 2.29. The molecule has 1 unspecified atom stereocenters. The van der Waals surface area contributed by atoms with Crippen LogP contribution < -0.4 is 0 Å².